The molecule has 1 N–H and O–H groups in total. The predicted molar refractivity (Wildman–Crippen MR) is 65.1 cm³/mol. The van der Waals surface area contributed by atoms with Crippen molar-refractivity contribution in [3.63, 3.8) is 0 Å². The monoisotopic (exact) mass is 273 g/mol. The van der Waals surface area contributed by atoms with Gasteiger partial charge < -0.3 is 10.1 Å². The number of hydrogen-bond donors (Lipinski definition) is 1. The molecule has 98 valence electrons. The molecule has 0 spiro atoms. The Kier molecular flexibility index (Phi) is 5.09. The van der Waals surface area contributed by atoms with E-state index in [4.69, 9.17) is 11.6 Å². The number of rotatable bonds is 4. The minimum absolute atomic E-state index is 0.0799. The number of alkyl halides is 1. The first-order valence-corrected chi connectivity index (χ1v) is 5.65. The quantitative estimate of drug-likeness (QED) is 0.670. The van der Waals surface area contributed by atoms with Crippen LogP contribution >= 0.6 is 11.6 Å². The van der Waals surface area contributed by atoms with Gasteiger partial charge in [-0.2, -0.15) is 0 Å². The van der Waals surface area contributed by atoms with E-state index < -0.39 is 23.1 Å². The molecule has 0 saturated carbocycles. The van der Waals surface area contributed by atoms with Crippen molar-refractivity contribution >= 4 is 23.5 Å². The average molecular weight is 274 g/mol. The first kappa shape index (κ1) is 14.4. The van der Waals surface area contributed by atoms with Crippen LogP contribution in [-0.2, 0) is 9.53 Å². The summed E-state index contributed by atoms with van der Waals surface area (Å²) in [6.45, 7) is 1.62. The molecular formula is C12H13ClFNO3. The van der Waals surface area contributed by atoms with Crippen molar-refractivity contribution in [3.8, 4) is 0 Å². The van der Waals surface area contributed by atoms with Gasteiger partial charge in [-0.1, -0.05) is 11.6 Å². The summed E-state index contributed by atoms with van der Waals surface area (Å²) < 4.78 is 17.8. The Bertz CT molecular complexity index is 465. The molecule has 1 rings (SSSR count). The van der Waals surface area contributed by atoms with Gasteiger partial charge in [0.2, 0.25) is 0 Å². The number of benzene rings is 1. The minimum Gasteiger partial charge on any atom is -0.468 e. The van der Waals surface area contributed by atoms with E-state index in [1.165, 1.54) is 19.2 Å². The third-order valence-electron chi connectivity index (χ3n) is 2.27. The van der Waals surface area contributed by atoms with Crippen LogP contribution in [-0.4, -0.2) is 30.9 Å². The summed E-state index contributed by atoms with van der Waals surface area (Å²) in [5, 5.41) is 1.38. The molecular weight excluding hydrogens is 261 g/mol. The van der Waals surface area contributed by atoms with Crippen LogP contribution in [0.3, 0.4) is 0 Å². The standard InChI is InChI=1S/C12H13ClFNO3/c1-7-3-4-10(14)8(5-7)11(16)15-6-9(13)12(17)18-2/h3-5,9H,6H2,1-2H3,(H,15,16). The molecule has 0 saturated heterocycles. The lowest BCUT2D eigenvalue weighted by molar-refractivity contribution is -0.140. The Morgan fingerprint density at radius 1 is 1.50 bits per heavy atom. The van der Waals surface area contributed by atoms with Gasteiger partial charge in [0.1, 0.15) is 11.2 Å². The van der Waals surface area contributed by atoms with Gasteiger partial charge in [0, 0.05) is 6.54 Å². The molecule has 0 aromatic heterocycles. The maximum absolute atomic E-state index is 13.4. The Morgan fingerprint density at radius 3 is 2.78 bits per heavy atom. The second-order valence-electron chi connectivity index (χ2n) is 3.68. The second-order valence-corrected chi connectivity index (χ2v) is 4.21. The van der Waals surface area contributed by atoms with Gasteiger partial charge in [-0.15, -0.1) is 11.6 Å². The zero-order valence-electron chi connectivity index (χ0n) is 10.00. The van der Waals surface area contributed by atoms with Crippen LogP contribution in [0.2, 0.25) is 0 Å². The van der Waals surface area contributed by atoms with Crippen LogP contribution in [0.4, 0.5) is 4.39 Å². The normalized spacial score (nSPS) is 11.8. The van der Waals surface area contributed by atoms with E-state index in [-0.39, 0.29) is 12.1 Å². The van der Waals surface area contributed by atoms with Crippen molar-refractivity contribution in [2.24, 2.45) is 0 Å². The summed E-state index contributed by atoms with van der Waals surface area (Å²) >= 11 is 5.65. The molecule has 18 heavy (non-hydrogen) atoms. The highest BCUT2D eigenvalue weighted by Gasteiger charge is 2.18. The molecule has 1 unspecified atom stereocenters. The molecule has 0 aliphatic carbocycles. The lowest BCUT2D eigenvalue weighted by Gasteiger charge is -2.09. The molecule has 1 aromatic carbocycles. The summed E-state index contributed by atoms with van der Waals surface area (Å²) in [4.78, 5) is 22.7. The van der Waals surface area contributed by atoms with Crippen LogP contribution in [0.25, 0.3) is 0 Å². The van der Waals surface area contributed by atoms with Crippen molar-refractivity contribution in [3.05, 3.63) is 35.1 Å². The van der Waals surface area contributed by atoms with Gasteiger partial charge in [0.15, 0.2) is 0 Å². The van der Waals surface area contributed by atoms with Crippen molar-refractivity contribution in [1.82, 2.24) is 5.32 Å². The fraction of sp³-hybridized carbons (Fsp3) is 0.333. The number of amides is 1. The Hall–Kier alpha value is -1.62. The number of halogens is 2. The van der Waals surface area contributed by atoms with Crippen LogP contribution in [0, 0.1) is 12.7 Å². The topological polar surface area (TPSA) is 55.4 Å². The number of esters is 1. The van der Waals surface area contributed by atoms with E-state index in [2.05, 4.69) is 10.1 Å². The van der Waals surface area contributed by atoms with Gasteiger partial charge >= 0.3 is 5.97 Å². The molecule has 1 amide bonds. The SMILES string of the molecule is COC(=O)C(Cl)CNC(=O)c1cc(C)ccc1F. The maximum atomic E-state index is 13.4. The summed E-state index contributed by atoms with van der Waals surface area (Å²) in [5.41, 5.74) is 0.681. The number of hydrogen-bond acceptors (Lipinski definition) is 3. The van der Waals surface area contributed by atoms with Gasteiger partial charge in [-0.3, -0.25) is 9.59 Å². The number of nitrogens with one attached hydrogen (secondary N) is 1. The van der Waals surface area contributed by atoms with E-state index in [1.54, 1.807) is 13.0 Å². The van der Waals surface area contributed by atoms with Gasteiger partial charge in [-0.25, -0.2) is 4.39 Å². The van der Waals surface area contributed by atoms with E-state index in [1.807, 2.05) is 0 Å². The van der Waals surface area contributed by atoms with Gasteiger partial charge in [0.25, 0.3) is 5.91 Å². The van der Waals surface area contributed by atoms with Crippen LogP contribution in [0.5, 0.6) is 0 Å². The number of methoxy groups -OCH3 is 1. The summed E-state index contributed by atoms with van der Waals surface area (Å²) in [7, 11) is 1.19. The lowest BCUT2D eigenvalue weighted by atomic mass is 10.1. The number of aryl methyl sites for hydroxylation is 1. The highest BCUT2D eigenvalue weighted by Crippen LogP contribution is 2.10. The first-order chi connectivity index (χ1) is 8.45. The number of ether oxygens (including phenoxy) is 1. The highest BCUT2D eigenvalue weighted by molar-refractivity contribution is 6.30. The first-order valence-electron chi connectivity index (χ1n) is 5.22. The summed E-state index contributed by atoms with van der Waals surface area (Å²) in [5.74, 6) is -1.89. The molecule has 1 aromatic rings. The number of carbonyl (C=O) groups is 2. The van der Waals surface area contributed by atoms with Crippen molar-refractivity contribution in [1.29, 1.82) is 0 Å². The Balaban J connectivity index is 2.66. The van der Waals surface area contributed by atoms with Crippen molar-refractivity contribution in [2.45, 2.75) is 12.3 Å². The van der Waals surface area contributed by atoms with Crippen molar-refractivity contribution in [2.75, 3.05) is 13.7 Å². The molecule has 4 nitrogen and oxygen atoms in total. The van der Waals surface area contributed by atoms with E-state index >= 15 is 0 Å². The van der Waals surface area contributed by atoms with E-state index in [9.17, 15) is 14.0 Å². The largest absolute Gasteiger partial charge is 0.468 e. The minimum atomic E-state index is -0.994. The third kappa shape index (κ3) is 3.70. The molecule has 0 heterocycles. The Labute approximate surface area is 109 Å². The zero-order chi connectivity index (χ0) is 13.7. The molecule has 0 radical (unpaired) electrons. The Morgan fingerprint density at radius 2 is 2.17 bits per heavy atom. The summed E-state index contributed by atoms with van der Waals surface area (Å²) in [6, 6.07) is 4.19. The maximum Gasteiger partial charge on any atom is 0.325 e. The zero-order valence-corrected chi connectivity index (χ0v) is 10.8. The fourth-order valence-electron chi connectivity index (χ4n) is 1.30. The van der Waals surface area contributed by atoms with Crippen molar-refractivity contribution < 1.29 is 18.7 Å². The number of carbonyl (C=O) groups excluding carboxylic acids is 2. The molecule has 0 aliphatic rings. The fourth-order valence-corrected chi connectivity index (χ4v) is 1.47. The van der Waals surface area contributed by atoms with Gasteiger partial charge in [-0.05, 0) is 19.1 Å². The van der Waals surface area contributed by atoms with Gasteiger partial charge in [0.05, 0.1) is 12.7 Å². The molecule has 0 aliphatic heterocycles. The molecule has 6 heteroatoms. The lowest BCUT2D eigenvalue weighted by Crippen LogP contribution is -2.34. The molecule has 0 fully saturated rings. The summed E-state index contributed by atoms with van der Waals surface area (Å²) in [6.07, 6.45) is 0. The van der Waals surface area contributed by atoms with Crippen LogP contribution in [0.15, 0.2) is 18.2 Å². The molecule has 1 atom stereocenters. The van der Waals surface area contributed by atoms with Crippen LogP contribution < -0.4 is 5.32 Å². The third-order valence-corrected chi connectivity index (χ3v) is 2.60. The predicted octanol–water partition coefficient (Wildman–Crippen LogP) is 1.64. The highest BCUT2D eigenvalue weighted by atomic mass is 35.5. The smallest absolute Gasteiger partial charge is 0.325 e. The molecule has 0 bridgehead atoms. The average Bonchev–Trinajstić information content (AvgIpc) is 2.37. The second kappa shape index (κ2) is 6.35. The van der Waals surface area contributed by atoms with E-state index in [0.717, 1.165) is 5.56 Å². The van der Waals surface area contributed by atoms with Crippen LogP contribution in [0.1, 0.15) is 15.9 Å². The van der Waals surface area contributed by atoms with E-state index in [0.29, 0.717) is 0 Å².